The van der Waals surface area contributed by atoms with Crippen molar-refractivity contribution in [3.8, 4) is 5.75 Å². The van der Waals surface area contributed by atoms with Crippen molar-refractivity contribution < 1.29 is 4.74 Å². The Morgan fingerprint density at radius 1 is 1.69 bits per heavy atom. The van der Waals surface area contributed by atoms with Gasteiger partial charge in [0, 0.05) is 0 Å². The molecule has 0 saturated heterocycles. The smallest absolute Gasteiger partial charge is 0.134 e. The van der Waals surface area contributed by atoms with Gasteiger partial charge in [0.1, 0.15) is 5.75 Å². The number of nitrogens with one attached hydrogen (secondary N) is 1. The highest BCUT2D eigenvalue weighted by Gasteiger charge is 2.15. The van der Waals surface area contributed by atoms with Gasteiger partial charge in [-0.15, -0.1) is 11.3 Å². The van der Waals surface area contributed by atoms with Crippen LogP contribution in [0.4, 0.5) is 0 Å². The van der Waals surface area contributed by atoms with E-state index in [9.17, 15) is 0 Å². The van der Waals surface area contributed by atoms with Crippen molar-refractivity contribution in [2.45, 2.75) is 13.0 Å². The van der Waals surface area contributed by atoms with Crippen LogP contribution < -0.4 is 10.1 Å². The lowest BCUT2D eigenvalue weighted by Gasteiger charge is -2.15. The van der Waals surface area contributed by atoms with Crippen molar-refractivity contribution in [2.24, 2.45) is 0 Å². The van der Waals surface area contributed by atoms with Crippen LogP contribution in [0.3, 0.4) is 0 Å². The summed E-state index contributed by atoms with van der Waals surface area (Å²) >= 11 is 1.69. The van der Waals surface area contributed by atoms with Crippen molar-refractivity contribution in [3.63, 3.8) is 0 Å². The molecule has 1 aromatic rings. The van der Waals surface area contributed by atoms with E-state index in [0.717, 1.165) is 11.3 Å². The van der Waals surface area contributed by atoms with Gasteiger partial charge >= 0.3 is 0 Å². The van der Waals surface area contributed by atoms with E-state index in [1.807, 2.05) is 25.4 Å². The zero-order valence-corrected chi connectivity index (χ0v) is 9.07. The van der Waals surface area contributed by atoms with Crippen molar-refractivity contribution in [2.75, 3.05) is 14.2 Å². The maximum Gasteiger partial charge on any atom is 0.134 e. The van der Waals surface area contributed by atoms with Crippen molar-refractivity contribution >= 4 is 11.3 Å². The van der Waals surface area contributed by atoms with Gasteiger partial charge in [-0.1, -0.05) is 12.2 Å². The Morgan fingerprint density at radius 2 is 2.38 bits per heavy atom. The molecular weight excluding hydrogens is 182 g/mol. The minimum atomic E-state index is 0.204. The van der Waals surface area contributed by atoms with E-state index in [4.69, 9.17) is 4.74 Å². The van der Waals surface area contributed by atoms with E-state index in [1.54, 1.807) is 18.4 Å². The largest absolute Gasteiger partial charge is 0.496 e. The van der Waals surface area contributed by atoms with E-state index in [-0.39, 0.29) is 6.04 Å². The third kappa shape index (κ3) is 2.11. The molecule has 1 heterocycles. The summed E-state index contributed by atoms with van der Waals surface area (Å²) in [6.07, 6.45) is 0. The van der Waals surface area contributed by atoms with E-state index >= 15 is 0 Å². The first-order valence-electron chi connectivity index (χ1n) is 4.14. The van der Waals surface area contributed by atoms with Crippen LogP contribution in [0.1, 0.15) is 17.8 Å². The van der Waals surface area contributed by atoms with Crippen LogP contribution in [-0.2, 0) is 0 Å². The number of hydrogen-bond acceptors (Lipinski definition) is 3. The zero-order valence-electron chi connectivity index (χ0n) is 8.26. The van der Waals surface area contributed by atoms with Gasteiger partial charge in [0.05, 0.1) is 18.0 Å². The normalized spacial score (nSPS) is 12.5. The average molecular weight is 197 g/mol. The third-order valence-corrected chi connectivity index (χ3v) is 2.88. The second kappa shape index (κ2) is 4.44. The molecule has 1 atom stereocenters. The molecule has 1 unspecified atom stereocenters. The first-order valence-corrected chi connectivity index (χ1v) is 5.02. The molecule has 1 rings (SSSR count). The summed E-state index contributed by atoms with van der Waals surface area (Å²) in [6.45, 7) is 5.96. The zero-order chi connectivity index (χ0) is 9.84. The highest BCUT2D eigenvalue weighted by molar-refractivity contribution is 7.10. The van der Waals surface area contributed by atoms with Crippen LogP contribution in [0.25, 0.3) is 0 Å². The molecule has 1 N–H and O–H groups in total. The molecule has 0 spiro atoms. The number of thiophene rings is 1. The van der Waals surface area contributed by atoms with Gasteiger partial charge in [-0.25, -0.2) is 0 Å². The quantitative estimate of drug-likeness (QED) is 0.749. The molecular formula is C10H15NOS. The Kier molecular flexibility index (Phi) is 3.51. The van der Waals surface area contributed by atoms with Crippen LogP contribution in [0, 0.1) is 0 Å². The molecule has 13 heavy (non-hydrogen) atoms. The van der Waals surface area contributed by atoms with Gasteiger partial charge in [0.25, 0.3) is 0 Å². The summed E-state index contributed by atoms with van der Waals surface area (Å²) in [4.78, 5) is 1.19. The third-order valence-electron chi connectivity index (χ3n) is 1.92. The lowest BCUT2D eigenvalue weighted by molar-refractivity contribution is 0.408. The summed E-state index contributed by atoms with van der Waals surface area (Å²) in [7, 11) is 3.62. The maximum absolute atomic E-state index is 5.25. The van der Waals surface area contributed by atoms with Crippen molar-refractivity contribution in [3.05, 3.63) is 28.5 Å². The molecule has 72 valence electrons. The van der Waals surface area contributed by atoms with E-state index in [1.165, 1.54) is 4.88 Å². The SMILES string of the molecule is C=C(C)C(NC)c1sccc1OC. The summed E-state index contributed by atoms with van der Waals surface area (Å²) in [6, 6.07) is 2.18. The molecule has 0 fully saturated rings. The standard InChI is InChI=1S/C10H15NOS/c1-7(2)9(11-3)10-8(12-4)5-6-13-10/h5-6,9,11H,1H2,2-4H3. The van der Waals surface area contributed by atoms with Gasteiger partial charge in [-0.2, -0.15) is 0 Å². The molecule has 0 amide bonds. The fraction of sp³-hybridized carbons (Fsp3) is 0.400. The predicted octanol–water partition coefficient (Wildman–Crippen LogP) is 2.59. The molecule has 2 nitrogen and oxygen atoms in total. The molecule has 0 aliphatic rings. The van der Waals surface area contributed by atoms with Gasteiger partial charge < -0.3 is 10.1 Å². The lowest BCUT2D eigenvalue weighted by atomic mass is 10.1. The van der Waals surface area contributed by atoms with E-state index in [2.05, 4.69) is 11.9 Å². The summed E-state index contributed by atoms with van der Waals surface area (Å²) < 4.78 is 5.25. The Labute approximate surface area is 83.2 Å². The van der Waals surface area contributed by atoms with Crippen molar-refractivity contribution in [1.29, 1.82) is 0 Å². The highest BCUT2D eigenvalue weighted by atomic mass is 32.1. The second-order valence-electron chi connectivity index (χ2n) is 2.92. The van der Waals surface area contributed by atoms with Gasteiger partial charge in [0.15, 0.2) is 0 Å². The fourth-order valence-corrected chi connectivity index (χ4v) is 2.35. The van der Waals surface area contributed by atoms with Gasteiger partial charge in [-0.05, 0) is 25.4 Å². The summed E-state index contributed by atoms with van der Waals surface area (Å²) in [5.74, 6) is 0.937. The van der Waals surface area contributed by atoms with Crippen molar-refractivity contribution in [1.82, 2.24) is 5.32 Å². The van der Waals surface area contributed by atoms with Gasteiger partial charge in [-0.3, -0.25) is 0 Å². The minimum Gasteiger partial charge on any atom is -0.496 e. The molecule has 0 bridgehead atoms. The van der Waals surface area contributed by atoms with Crippen LogP contribution in [-0.4, -0.2) is 14.2 Å². The van der Waals surface area contributed by atoms with E-state index < -0.39 is 0 Å². The number of methoxy groups -OCH3 is 1. The number of ether oxygens (including phenoxy) is 1. The number of hydrogen-bond donors (Lipinski definition) is 1. The number of rotatable bonds is 4. The Hall–Kier alpha value is -0.800. The molecule has 0 radical (unpaired) electrons. The van der Waals surface area contributed by atoms with Crippen LogP contribution in [0.15, 0.2) is 23.6 Å². The second-order valence-corrected chi connectivity index (χ2v) is 3.87. The van der Waals surface area contributed by atoms with Crippen LogP contribution in [0.5, 0.6) is 5.75 Å². The van der Waals surface area contributed by atoms with Crippen LogP contribution in [0.2, 0.25) is 0 Å². The Balaban J connectivity index is 2.96. The van der Waals surface area contributed by atoms with Gasteiger partial charge in [0.2, 0.25) is 0 Å². The lowest BCUT2D eigenvalue weighted by Crippen LogP contribution is -2.16. The molecule has 0 aromatic carbocycles. The predicted molar refractivity (Wildman–Crippen MR) is 57.5 cm³/mol. The molecule has 0 aliphatic heterocycles. The highest BCUT2D eigenvalue weighted by Crippen LogP contribution is 2.33. The number of likely N-dealkylation sites (N-methyl/N-ethyl adjacent to an activating group) is 1. The monoisotopic (exact) mass is 197 g/mol. The summed E-state index contributed by atoms with van der Waals surface area (Å²) in [5.41, 5.74) is 1.10. The van der Waals surface area contributed by atoms with E-state index in [0.29, 0.717) is 0 Å². The minimum absolute atomic E-state index is 0.204. The molecule has 0 saturated carbocycles. The Morgan fingerprint density at radius 3 is 2.85 bits per heavy atom. The average Bonchev–Trinajstić information content (AvgIpc) is 2.53. The van der Waals surface area contributed by atoms with Crippen LogP contribution >= 0.6 is 11.3 Å². The first kappa shape index (κ1) is 10.3. The molecule has 1 aromatic heterocycles. The molecule has 0 aliphatic carbocycles. The molecule has 3 heteroatoms. The topological polar surface area (TPSA) is 21.3 Å². The maximum atomic E-state index is 5.25. The Bertz CT molecular complexity index is 293. The summed E-state index contributed by atoms with van der Waals surface area (Å²) in [5, 5.41) is 5.24. The fourth-order valence-electron chi connectivity index (χ4n) is 1.29. The first-order chi connectivity index (χ1) is 6.20.